The van der Waals surface area contributed by atoms with E-state index in [0.29, 0.717) is 0 Å². The highest BCUT2D eigenvalue weighted by atomic mass is 32.2. The molecule has 2 bridgehead atoms. The van der Waals surface area contributed by atoms with Gasteiger partial charge in [0.1, 0.15) is 0 Å². The zero-order chi connectivity index (χ0) is 7.42. The fourth-order valence-corrected chi connectivity index (χ4v) is 5.58. The Morgan fingerprint density at radius 3 is 2.09 bits per heavy atom. The van der Waals surface area contributed by atoms with Gasteiger partial charge in [-0.3, -0.25) is 4.21 Å². The molecular weight excluding hydrogens is 156 g/mol. The summed E-state index contributed by atoms with van der Waals surface area (Å²) < 4.78 is 11.3. The zero-order valence-corrected chi connectivity index (χ0v) is 7.48. The predicted octanol–water partition coefficient (Wildman–Crippen LogP) is 1.41. The molecule has 2 aliphatic carbocycles. The van der Waals surface area contributed by atoms with E-state index in [1.807, 2.05) is 0 Å². The van der Waals surface area contributed by atoms with Gasteiger partial charge in [-0.25, -0.2) is 0 Å². The minimum atomic E-state index is -0.433. The van der Waals surface area contributed by atoms with Crippen LogP contribution in [0.3, 0.4) is 0 Å². The van der Waals surface area contributed by atoms with E-state index >= 15 is 0 Å². The Bertz CT molecular complexity index is 194. The van der Waals surface area contributed by atoms with Crippen LogP contribution in [0, 0.1) is 23.7 Å². The lowest BCUT2D eigenvalue weighted by Gasteiger charge is -2.22. The third kappa shape index (κ3) is 0.793. The molecule has 62 valence electrons. The van der Waals surface area contributed by atoms with E-state index in [9.17, 15) is 4.21 Å². The van der Waals surface area contributed by atoms with Gasteiger partial charge in [0.2, 0.25) is 0 Å². The normalized spacial score (nSPS) is 60.2. The second-order valence-electron chi connectivity index (χ2n) is 4.43. The van der Waals surface area contributed by atoms with Crippen LogP contribution in [0.15, 0.2) is 0 Å². The summed E-state index contributed by atoms with van der Waals surface area (Å²) in [5.41, 5.74) is 0. The molecule has 0 aromatic rings. The molecule has 2 saturated carbocycles. The van der Waals surface area contributed by atoms with Crippen LogP contribution in [-0.4, -0.2) is 15.7 Å². The smallest absolute Gasteiger partial charge is 0.0269 e. The van der Waals surface area contributed by atoms with Gasteiger partial charge in [-0.15, -0.1) is 0 Å². The van der Waals surface area contributed by atoms with Crippen LogP contribution in [0.5, 0.6) is 0 Å². The van der Waals surface area contributed by atoms with Gasteiger partial charge < -0.3 is 0 Å². The fraction of sp³-hybridized carbons (Fsp3) is 1.00. The molecule has 0 aromatic carbocycles. The molecule has 0 N–H and O–H groups in total. The van der Waals surface area contributed by atoms with Crippen LogP contribution in [0.25, 0.3) is 0 Å². The van der Waals surface area contributed by atoms with Crippen molar-refractivity contribution in [3.05, 3.63) is 0 Å². The molecule has 3 aliphatic rings. The summed E-state index contributed by atoms with van der Waals surface area (Å²) in [6.45, 7) is 0. The average Bonchev–Trinajstić information content (AvgIpc) is 2.53. The van der Waals surface area contributed by atoms with Crippen LogP contribution >= 0.6 is 0 Å². The van der Waals surface area contributed by atoms with Crippen LogP contribution in [-0.2, 0) is 10.8 Å². The Labute approximate surface area is 70.0 Å². The van der Waals surface area contributed by atoms with Gasteiger partial charge in [0.05, 0.1) is 0 Å². The lowest BCUT2D eigenvalue weighted by atomic mass is 9.82. The highest BCUT2D eigenvalue weighted by molar-refractivity contribution is 7.85. The highest BCUT2D eigenvalue weighted by Crippen LogP contribution is 2.55. The van der Waals surface area contributed by atoms with E-state index in [1.165, 1.54) is 19.3 Å². The minimum Gasteiger partial charge on any atom is -0.260 e. The summed E-state index contributed by atoms with van der Waals surface area (Å²) in [6.07, 6.45) is 4.37. The standard InChI is InChI=1S/C9H14OS/c10-11-4-8-6-1-2-7(3-6)9(8)5-11/h6-9H,1-5H2/t6-,7+,8+,9-,11?. The third-order valence-corrected chi connectivity index (χ3v) is 5.54. The predicted molar refractivity (Wildman–Crippen MR) is 45.7 cm³/mol. The van der Waals surface area contributed by atoms with Gasteiger partial charge in [0.25, 0.3) is 0 Å². The maximum absolute atomic E-state index is 11.3. The van der Waals surface area contributed by atoms with Crippen LogP contribution in [0.2, 0.25) is 0 Å². The van der Waals surface area contributed by atoms with Crippen molar-refractivity contribution in [2.75, 3.05) is 11.5 Å². The Morgan fingerprint density at radius 1 is 1.00 bits per heavy atom. The summed E-state index contributed by atoms with van der Waals surface area (Å²) in [4.78, 5) is 0. The van der Waals surface area contributed by atoms with Crippen molar-refractivity contribution >= 4 is 10.8 Å². The number of hydrogen-bond acceptors (Lipinski definition) is 1. The molecule has 3 fully saturated rings. The highest BCUT2D eigenvalue weighted by Gasteiger charge is 2.51. The van der Waals surface area contributed by atoms with Crippen molar-refractivity contribution in [2.24, 2.45) is 23.7 Å². The Morgan fingerprint density at radius 2 is 1.55 bits per heavy atom. The summed E-state index contributed by atoms with van der Waals surface area (Å²) in [6, 6.07) is 0. The fourth-order valence-electron chi connectivity index (χ4n) is 3.55. The van der Waals surface area contributed by atoms with E-state index in [1.54, 1.807) is 0 Å². The average molecular weight is 170 g/mol. The van der Waals surface area contributed by atoms with Crippen LogP contribution in [0.4, 0.5) is 0 Å². The molecule has 3 rings (SSSR count). The first kappa shape index (κ1) is 6.64. The summed E-state index contributed by atoms with van der Waals surface area (Å²) in [5.74, 6) is 5.83. The molecule has 0 aromatic heterocycles. The SMILES string of the molecule is O=S1C[C@@H]2[C@H]3CC[C@H](C3)[C@@H]2C1. The minimum absolute atomic E-state index is 0.433. The monoisotopic (exact) mass is 170 g/mol. The molecule has 0 spiro atoms. The Balaban J connectivity index is 1.92. The molecular formula is C9H14OS. The summed E-state index contributed by atoms with van der Waals surface area (Å²) in [5, 5.41) is 0. The van der Waals surface area contributed by atoms with Crippen molar-refractivity contribution < 1.29 is 4.21 Å². The molecule has 11 heavy (non-hydrogen) atoms. The molecule has 2 heteroatoms. The molecule has 1 nitrogen and oxygen atoms in total. The largest absolute Gasteiger partial charge is 0.260 e. The van der Waals surface area contributed by atoms with E-state index in [4.69, 9.17) is 0 Å². The first-order valence-electron chi connectivity index (χ1n) is 4.69. The van der Waals surface area contributed by atoms with E-state index in [0.717, 1.165) is 35.2 Å². The number of fused-ring (bicyclic) bond motifs is 5. The third-order valence-electron chi connectivity index (χ3n) is 4.03. The van der Waals surface area contributed by atoms with E-state index in [2.05, 4.69) is 0 Å². The van der Waals surface area contributed by atoms with Crippen molar-refractivity contribution in [2.45, 2.75) is 19.3 Å². The Kier molecular flexibility index (Phi) is 1.26. The van der Waals surface area contributed by atoms with Crippen LogP contribution < -0.4 is 0 Å². The topological polar surface area (TPSA) is 17.1 Å². The first-order valence-corrected chi connectivity index (χ1v) is 6.18. The molecule has 1 aliphatic heterocycles. The molecule has 1 unspecified atom stereocenters. The maximum Gasteiger partial charge on any atom is 0.0269 e. The second-order valence-corrected chi connectivity index (χ2v) is 5.98. The maximum atomic E-state index is 11.3. The van der Waals surface area contributed by atoms with Crippen molar-refractivity contribution in [1.29, 1.82) is 0 Å². The number of rotatable bonds is 0. The van der Waals surface area contributed by atoms with Crippen molar-refractivity contribution in [3.8, 4) is 0 Å². The van der Waals surface area contributed by atoms with Gasteiger partial charge >= 0.3 is 0 Å². The van der Waals surface area contributed by atoms with E-state index < -0.39 is 10.8 Å². The first-order chi connectivity index (χ1) is 5.34. The second kappa shape index (κ2) is 2.09. The lowest BCUT2D eigenvalue weighted by Crippen LogP contribution is -2.19. The van der Waals surface area contributed by atoms with Gasteiger partial charge in [0, 0.05) is 22.3 Å². The zero-order valence-electron chi connectivity index (χ0n) is 6.66. The van der Waals surface area contributed by atoms with Gasteiger partial charge in [0.15, 0.2) is 0 Å². The van der Waals surface area contributed by atoms with Gasteiger partial charge in [-0.05, 0) is 42.9 Å². The quantitative estimate of drug-likeness (QED) is 0.537. The van der Waals surface area contributed by atoms with Crippen molar-refractivity contribution in [1.82, 2.24) is 0 Å². The number of hydrogen-bond donors (Lipinski definition) is 0. The molecule has 0 radical (unpaired) electrons. The lowest BCUT2D eigenvalue weighted by molar-refractivity contribution is 0.281. The molecule has 0 amide bonds. The van der Waals surface area contributed by atoms with Gasteiger partial charge in [-0.1, -0.05) is 0 Å². The van der Waals surface area contributed by atoms with Gasteiger partial charge in [-0.2, -0.15) is 0 Å². The molecule has 1 saturated heterocycles. The molecule has 1 heterocycles. The Hall–Kier alpha value is 0.150. The molecule has 5 atom stereocenters. The van der Waals surface area contributed by atoms with Crippen molar-refractivity contribution in [3.63, 3.8) is 0 Å². The summed E-state index contributed by atoms with van der Waals surface area (Å²) in [7, 11) is -0.433. The summed E-state index contributed by atoms with van der Waals surface area (Å²) >= 11 is 0. The van der Waals surface area contributed by atoms with Crippen LogP contribution in [0.1, 0.15) is 19.3 Å². The van der Waals surface area contributed by atoms with E-state index in [-0.39, 0.29) is 0 Å².